The highest BCUT2D eigenvalue weighted by Gasteiger charge is 2.30. The van der Waals surface area contributed by atoms with Crippen molar-refractivity contribution in [2.75, 3.05) is 18.8 Å². The molecule has 0 aromatic rings. The summed E-state index contributed by atoms with van der Waals surface area (Å²) in [6.45, 7) is 3.86. The van der Waals surface area contributed by atoms with Crippen LogP contribution in [0.4, 0.5) is 0 Å². The number of hydrogen-bond donors (Lipinski definition) is 2. The van der Waals surface area contributed by atoms with E-state index in [1.165, 1.54) is 25.7 Å². The molecular formula is C14H28N2O2S. The Bertz CT molecular complexity index is 369. The predicted octanol–water partition coefficient (Wildman–Crippen LogP) is 2.02. The van der Waals surface area contributed by atoms with Crippen LogP contribution in [0.5, 0.6) is 0 Å². The molecule has 0 aromatic heterocycles. The molecule has 1 aliphatic heterocycles. The summed E-state index contributed by atoms with van der Waals surface area (Å²) in [6.07, 6.45) is 9.09. The Labute approximate surface area is 117 Å². The molecule has 2 rings (SSSR count). The van der Waals surface area contributed by atoms with E-state index in [-0.39, 0.29) is 11.2 Å². The van der Waals surface area contributed by atoms with Gasteiger partial charge in [-0.2, -0.15) is 0 Å². The van der Waals surface area contributed by atoms with Crippen molar-refractivity contribution in [3.8, 4) is 0 Å². The van der Waals surface area contributed by atoms with Crippen LogP contribution in [-0.4, -0.2) is 33.3 Å². The van der Waals surface area contributed by atoms with Crippen LogP contribution in [0, 0.1) is 5.41 Å². The molecule has 19 heavy (non-hydrogen) atoms. The fourth-order valence-corrected chi connectivity index (χ4v) is 4.54. The molecule has 2 N–H and O–H groups in total. The third-order valence-electron chi connectivity index (χ3n) is 4.68. The molecule has 1 atom stereocenters. The fraction of sp³-hybridized carbons (Fsp3) is 1.00. The van der Waals surface area contributed by atoms with Gasteiger partial charge in [-0.1, -0.05) is 26.2 Å². The average molecular weight is 288 g/mol. The monoisotopic (exact) mass is 288 g/mol. The van der Waals surface area contributed by atoms with Crippen LogP contribution in [0.25, 0.3) is 0 Å². The highest BCUT2D eigenvalue weighted by molar-refractivity contribution is 7.89. The Hall–Kier alpha value is -0.130. The van der Waals surface area contributed by atoms with Crippen molar-refractivity contribution in [1.82, 2.24) is 10.0 Å². The van der Waals surface area contributed by atoms with Gasteiger partial charge in [0.05, 0.1) is 5.75 Å². The molecule has 1 saturated heterocycles. The summed E-state index contributed by atoms with van der Waals surface area (Å²) in [5.41, 5.74) is 0.191. The van der Waals surface area contributed by atoms with Crippen LogP contribution < -0.4 is 10.0 Å². The first-order chi connectivity index (χ1) is 8.99. The highest BCUT2D eigenvalue weighted by Crippen LogP contribution is 2.36. The van der Waals surface area contributed by atoms with Gasteiger partial charge >= 0.3 is 0 Å². The van der Waals surface area contributed by atoms with Gasteiger partial charge in [0, 0.05) is 12.6 Å². The summed E-state index contributed by atoms with van der Waals surface area (Å²) >= 11 is 0. The van der Waals surface area contributed by atoms with E-state index in [0.717, 1.165) is 32.2 Å². The molecule has 4 nitrogen and oxygen atoms in total. The zero-order valence-corrected chi connectivity index (χ0v) is 12.9. The molecule has 1 aliphatic carbocycles. The van der Waals surface area contributed by atoms with Crippen molar-refractivity contribution >= 4 is 10.0 Å². The summed E-state index contributed by atoms with van der Waals surface area (Å²) in [6, 6.07) is 0.396. The molecule has 1 unspecified atom stereocenters. The first-order valence-electron chi connectivity index (χ1n) is 7.70. The lowest BCUT2D eigenvalue weighted by Crippen LogP contribution is -2.39. The second-order valence-electron chi connectivity index (χ2n) is 6.59. The molecule has 0 aromatic carbocycles. The minimum Gasteiger partial charge on any atom is -0.314 e. The molecule has 0 radical (unpaired) electrons. The number of rotatable bonds is 6. The molecular weight excluding hydrogens is 260 g/mol. The molecule has 112 valence electrons. The Morgan fingerprint density at radius 3 is 2.58 bits per heavy atom. The Kier molecular flexibility index (Phi) is 5.26. The topological polar surface area (TPSA) is 58.2 Å². The Balaban J connectivity index is 1.72. The Morgan fingerprint density at radius 1 is 1.21 bits per heavy atom. The summed E-state index contributed by atoms with van der Waals surface area (Å²) in [7, 11) is -3.10. The quantitative estimate of drug-likeness (QED) is 0.786. The molecule has 1 saturated carbocycles. The number of nitrogens with one attached hydrogen (secondary N) is 2. The van der Waals surface area contributed by atoms with Gasteiger partial charge in [-0.3, -0.25) is 0 Å². The van der Waals surface area contributed by atoms with E-state index in [1.807, 2.05) is 0 Å². The standard InChI is InChI=1S/C14H28N2O2S/c1-14(8-3-4-9-14)12-16-19(17,18)11-7-13-6-2-5-10-15-13/h13,15-16H,2-12H2,1H3. The molecule has 1 heterocycles. The van der Waals surface area contributed by atoms with Gasteiger partial charge in [0.15, 0.2) is 0 Å². The second kappa shape index (κ2) is 6.55. The second-order valence-corrected chi connectivity index (χ2v) is 8.52. The minimum atomic E-state index is -3.10. The third-order valence-corrected chi connectivity index (χ3v) is 6.03. The molecule has 0 spiro atoms. The van der Waals surface area contributed by atoms with Crippen molar-refractivity contribution in [2.45, 2.75) is 64.3 Å². The largest absolute Gasteiger partial charge is 0.314 e. The van der Waals surface area contributed by atoms with E-state index in [4.69, 9.17) is 0 Å². The average Bonchev–Trinajstić information content (AvgIpc) is 2.84. The highest BCUT2D eigenvalue weighted by atomic mass is 32.2. The van der Waals surface area contributed by atoms with Crippen LogP contribution in [0.2, 0.25) is 0 Å². The van der Waals surface area contributed by atoms with Gasteiger partial charge < -0.3 is 5.32 Å². The van der Waals surface area contributed by atoms with E-state index >= 15 is 0 Å². The minimum absolute atomic E-state index is 0.191. The predicted molar refractivity (Wildman–Crippen MR) is 78.6 cm³/mol. The number of sulfonamides is 1. The van der Waals surface area contributed by atoms with E-state index in [0.29, 0.717) is 12.6 Å². The lowest BCUT2D eigenvalue weighted by Gasteiger charge is -2.25. The molecule has 5 heteroatoms. The van der Waals surface area contributed by atoms with E-state index in [2.05, 4.69) is 17.0 Å². The lowest BCUT2D eigenvalue weighted by atomic mass is 9.89. The van der Waals surface area contributed by atoms with Gasteiger partial charge in [-0.05, 0) is 44.1 Å². The molecule has 0 bridgehead atoms. The van der Waals surface area contributed by atoms with E-state index in [9.17, 15) is 8.42 Å². The fourth-order valence-electron chi connectivity index (χ4n) is 3.23. The van der Waals surface area contributed by atoms with Gasteiger partial charge in [0.1, 0.15) is 0 Å². The summed E-state index contributed by atoms with van der Waals surface area (Å²) in [5.74, 6) is 0.265. The van der Waals surface area contributed by atoms with Crippen LogP contribution in [0.3, 0.4) is 0 Å². The summed E-state index contributed by atoms with van der Waals surface area (Å²) in [4.78, 5) is 0. The Morgan fingerprint density at radius 2 is 1.95 bits per heavy atom. The van der Waals surface area contributed by atoms with Crippen molar-refractivity contribution in [1.29, 1.82) is 0 Å². The first kappa shape index (κ1) is 15.3. The van der Waals surface area contributed by atoms with E-state index < -0.39 is 10.0 Å². The molecule has 2 aliphatic rings. The van der Waals surface area contributed by atoms with Gasteiger partial charge in [0.25, 0.3) is 0 Å². The van der Waals surface area contributed by atoms with Gasteiger partial charge in [-0.25, -0.2) is 13.1 Å². The maximum absolute atomic E-state index is 12.0. The van der Waals surface area contributed by atoms with E-state index in [1.54, 1.807) is 0 Å². The van der Waals surface area contributed by atoms with Crippen molar-refractivity contribution in [3.63, 3.8) is 0 Å². The molecule has 2 fully saturated rings. The van der Waals surface area contributed by atoms with Crippen LogP contribution in [0.1, 0.15) is 58.3 Å². The molecule has 0 amide bonds. The lowest BCUT2D eigenvalue weighted by molar-refractivity contribution is 0.335. The number of hydrogen-bond acceptors (Lipinski definition) is 3. The van der Waals surface area contributed by atoms with Crippen molar-refractivity contribution < 1.29 is 8.42 Å². The van der Waals surface area contributed by atoms with Crippen LogP contribution in [-0.2, 0) is 10.0 Å². The third kappa shape index (κ3) is 5.04. The SMILES string of the molecule is CC1(CNS(=O)(=O)CCC2CCCCN2)CCCC1. The van der Waals surface area contributed by atoms with Crippen molar-refractivity contribution in [2.24, 2.45) is 5.41 Å². The zero-order chi connectivity index (χ0) is 13.8. The number of piperidine rings is 1. The summed E-state index contributed by atoms with van der Waals surface area (Å²) < 4.78 is 26.9. The normalized spacial score (nSPS) is 27.5. The zero-order valence-electron chi connectivity index (χ0n) is 12.1. The maximum Gasteiger partial charge on any atom is 0.211 e. The van der Waals surface area contributed by atoms with Crippen LogP contribution in [0.15, 0.2) is 0 Å². The van der Waals surface area contributed by atoms with Gasteiger partial charge in [-0.15, -0.1) is 0 Å². The smallest absolute Gasteiger partial charge is 0.211 e. The van der Waals surface area contributed by atoms with Gasteiger partial charge in [0.2, 0.25) is 10.0 Å². The summed E-state index contributed by atoms with van der Waals surface area (Å²) in [5, 5.41) is 3.40. The maximum atomic E-state index is 12.0. The van der Waals surface area contributed by atoms with Crippen LogP contribution >= 0.6 is 0 Å². The first-order valence-corrected chi connectivity index (χ1v) is 9.35. The van der Waals surface area contributed by atoms with Crippen molar-refractivity contribution in [3.05, 3.63) is 0 Å².